The lowest BCUT2D eigenvalue weighted by Gasteiger charge is -2.13. The first kappa shape index (κ1) is 14.1. The van der Waals surface area contributed by atoms with Crippen molar-refractivity contribution in [2.24, 2.45) is 7.05 Å². The van der Waals surface area contributed by atoms with Crippen LogP contribution in [0.4, 0.5) is 5.82 Å². The highest BCUT2D eigenvalue weighted by Gasteiger charge is 2.16. The van der Waals surface area contributed by atoms with Gasteiger partial charge in [-0.05, 0) is 6.92 Å². The van der Waals surface area contributed by atoms with Gasteiger partial charge in [0, 0.05) is 13.5 Å². The molecule has 1 N–H and O–H groups in total. The summed E-state index contributed by atoms with van der Waals surface area (Å²) in [5.74, 6) is 1.58. The van der Waals surface area contributed by atoms with Gasteiger partial charge in [0.25, 0.3) is 0 Å². The van der Waals surface area contributed by atoms with E-state index in [2.05, 4.69) is 37.4 Å². The molecule has 0 saturated carbocycles. The van der Waals surface area contributed by atoms with Crippen molar-refractivity contribution in [3.63, 3.8) is 0 Å². The van der Waals surface area contributed by atoms with Crippen LogP contribution in [0.5, 0.6) is 0 Å². The number of rotatable bonds is 4. The van der Waals surface area contributed by atoms with E-state index in [9.17, 15) is 0 Å². The van der Waals surface area contributed by atoms with Gasteiger partial charge < -0.3 is 5.32 Å². The van der Waals surface area contributed by atoms with Crippen LogP contribution in [-0.4, -0.2) is 34.3 Å². The number of imidazole rings is 1. The first-order chi connectivity index (χ1) is 11.2. The van der Waals surface area contributed by atoms with Gasteiger partial charge in [0.2, 0.25) is 4.96 Å². The molecule has 0 unspecified atom stereocenters. The molecule has 0 aromatic carbocycles. The van der Waals surface area contributed by atoms with Crippen LogP contribution >= 0.6 is 11.3 Å². The van der Waals surface area contributed by atoms with Gasteiger partial charge in [-0.25, -0.2) is 19.5 Å². The molecule has 1 atom stereocenters. The van der Waals surface area contributed by atoms with E-state index in [1.54, 1.807) is 20.9 Å². The molecule has 9 heteroatoms. The fourth-order valence-electron chi connectivity index (χ4n) is 2.48. The van der Waals surface area contributed by atoms with Gasteiger partial charge in [-0.2, -0.15) is 10.2 Å². The van der Waals surface area contributed by atoms with Gasteiger partial charge in [0.1, 0.15) is 17.2 Å². The van der Waals surface area contributed by atoms with Gasteiger partial charge in [-0.3, -0.25) is 4.68 Å². The zero-order valence-electron chi connectivity index (χ0n) is 13.1. The van der Waals surface area contributed by atoms with Crippen molar-refractivity contribution in [2.75, 3.05) is 5.32 Å². The van der Waals surface area contributed by atoms with E-state index >= 15 is 0 Å². The van der Waals surface area contributed by atoms with E-state index in [1.165, 1.54) is 11.3 Å². The standard InChI is InChI=1S/C14H16N8S/c1-4-11-19-12(9-5-15-21(3)13(9)20-11)17-8(2)10-6-22-14(18-10)23-7-16-22/h5-8H,4H2,1-3H3,(H,17,19,20)/t8-/m0/s1. The van der Waals surface area contributed by atoms with Crippen molar-refractivity contribution in [1.29, 1.82) is 0 Å². The molecule has 0 fully saturated rings. The SMILES string of the molecule is CCc1nc(N[C@@H](C)c2cn3ncsc3n2)c2cnn(C)c2n1. The summed E-state index contributed by atoms with van der Waals surface area (Å²) in [6.45, 7) is 4.10. The molecule has 4 heterocycles. The molecule has 8 nitrogen and oxygen atoms in total. The number of nitrogens with zero attached hydrogens (tertiary/aromatic N) is 7. The molecule has 23 heavy (non-hydrogen) atoms. The molecule has 0 aliphatic carbocycles. The summed E-state index contributed by atoms with van der Waals surface area (Å²) in [5, 5.41) is 12.8. The summed E-state index contributed by atoms with van der Waals surface area (Å²) in [6, 6.07) is 0.00640. The first-order valence-corrected chi connectivity index (χ1v) is 8.27. The summed E-state index contributed by atoms with van der Waals surface area (Å²) in [7, 11) is 1.89. The summed E-state index contributed by atoms with van der Waals surface area (Å²) in [4.78, 5) is 14.6. The summed E-state index contributed by atoms with van der Waals surface area (Å²) in [6.07, 6.45) is 4.50. The molecule has 0 aliphatic heterocycles. The molecule has 4 aromatic heterocycles. The molecule has 0 radical (unpaired) electrons. The first-order valence-electron chi connectivity index (χ1n) is 7.39. The van der Waals surface area contributed by atoms with Crippen LogP contribution in [0.2, 0.25) is 0 Å². The fraction of sp³-hybridized carbons (Fsp3) is 0.357. The Kier molecular flexibility index (Phi) is 3.22. The Bertz CT molecular complexity index is 953. The third kappa shape index (κ3) is 2.33. The van der Waals surface area contributed by atoms with Gasteiger partial charge in [-0.15, -0.1) is 0 Å². The highest BCUT2D eigenvalue weighted by Crippen LogP contribution is 2.25. The fourth-order valence-corrected chi connectivity index (χ4v) is 3.09. The number of nitrogens with one attached hydrogen (secondary N) is 1. The molecule has 4 aromatic rings. The quantitative estimate of drug-likeness (QED) is 0.618. The van der Waals surface area contributed by atoms with Crippen LogP contribution in [0.1, 0.15) is 31.4 Å². The van der Waals surface area contributed by atoms with Crippen molar-refractivity contribution in [2.45, 2.75) is 26.3 Å². The average Bonchev–Trinajstić information content (AvgIpc) is 3.22. The van der Waals surface area contributed by atoms with E-state index in [-0.39, 0.29) is 6.04 Å². The van der Waals surface area contributed by atoms with Gasteiger partial charge in [0.05, 0.1) is 29.5 Å². The average molecular weight is 328 g/mol. The van der Waals surface area contributed by atoms with Crippen LogP contribution in [-0.2, 0) is 13.5 Å². The van der Waals surface area contributed by atoms with Gasteiger partial charge >= 0.3 is 0 Å². The Hall–Kier alpha value is -2.55. The summed E-state index contributed by atoms with van der Waals surface area (Å²) in [5.41, 5.74) is 3.54. The predicted octanol–water partition coefficient (Wildman–Crippen LogP) is 2.20. The largest absolute Gasteiger partial charge is 0.361 e. The normalized spacial score (nSPS) is 13.0. The molecule has 0 saturated heterocycles. The van der Waals surface area contributed by atoms with Crippen molar-refractivity contribution >= 4 is 33.1 Å². The van der Waals surface area contributed by atoms with Crippen LogP contribution in [0, 0.1) is 0 Å². The van der Waals surface area contributed by atoms with E-state index in [1.807, 2.05) is 20.2 Å². The van der Waals surface area contributed by atoms with Crippen LogP contribution < -0.4 is 5.32 Å². The Balaban J connectivity index is 1.72. The second kappa shape index (κ2) is 5.27. The Morgan fingerprint density at radius 1 is 1.26 bits per heavy atom. The number of fused-ring (bicyclic) bond motifs is 2. The van der Waals surface area contributed by atoms with Crippen molar-refractivity contribution < 1.29 is 0 Å². The van der Waals surface area contributed by atoms with Crippen molar-refractivity contribution in [3.05, 3.63) is 29.4 Å². The highest BCUT2D eigenvalue weighted by atomic mass is 32.1. The van der Waals surface area contributed by atoms with Gasteiger partial charge in [0.15, 0.2) is 5.65 Å². The lowest BCUT2D eigenvalue weighted by Crippen LogP contribution is -2.10. The van der Waals surface area contributed by atoms with Crippen LogP contribution in [0.15, 0.2) is 17.9 Å². The Labute approximate surface area is 136 Å². The molecule has 0 aliphatic rings. The second-order valence-corrected chi connectivity index (χ2v) is 6.16. The minimum Gasteiger partial charge on any atom is -0.361 e. The zero-order chi connectivity index (χ0) is 16.0. The minimum atomic E-state index is 0.00640. The highest BCUT2D eigenvalue weighted by molar-refractivity contribution is 7.14. The molecule has 0 amide bonds. The van der Waals surface area contributed by atoms with Gasteiger partial charge in [-0.1, -0.05) is 18.3 Å². The van der Waals surface area contributed by atoms with Crippen molar-refractivity contribution in [1.82, 2.24) is 34.3 Å². The molecule has 0 bridgehead atoms. The molecular formula is C14H16N8S. The van der Waals surface area contributed by atoms with Crippen LogP contribution in [0.25, 0.3) is 16.0 Å². The summed E-state index contributed by atoms with van der Waals surface area (Å²) >= 11 is 1.52. The van der Waals surface area contributed by atoms with Crippen molar-refractivity contribution in [3.8, 4) is 0 Å². The third-order valence-electron chi connectivity index (χ3n) is 3.76. The van der Waals surface area contributed by atoms with E-state index in [0.29, 0.717) is 0 Å². The Morgan fingerprint density at radius 3 is 2.91 bits per heavy atom. The number of aryl methyl sites for hydroxylation is 2. The van der Waals surface area contributed by atoms with Crippen LogP contribution in [0.3, 0.4) is 0 Å². The maximum atomic E-state index is 4.62. The molecular weight excluding hydrogens is 312 g/mol. The number of aromatic nitrogens is 7. The molecule has 4 rings (SSSR count). The smallest absolute Gasteiger partial charge is 0.212 e. The number of anilines is 1. The predicted molar refractivity (Wildman–Crippen MR) is 88.6 cm³/mol. The maximum absolute atomic E-state index is 4.62. The molecule has 118 valence electrons. The molecule has 0 spiro atoms. The van der Waals surface area contributed by atoms with E-state index < -0.39 is 0 Å². The number of hydrogen-bond acceptors (Lipinski definition) is 7. The zero-order valence-corrected chi connectivity index (χ0v) is 13.9. The minimum absolute atomic E-state index is 0.00640. The summed E-state index contributed by atoms with van der Waals surface area (Å²) < 4.78 is 3.55. The number of hydrogen-bond donors (Lipinski definition) is 1. The second-order valence-electron chi connectivity index (χ2n) is 5.35. The lowest BCUT2D eigenvalue weighted by molar-refractivity contribution is 0.778. The van der Waals surface area contributed by atoms with E-state index in [4.69, 9.17) is 0 Å². The topological polar surface area (TPSA) is 85.8 Å². The third-order valence-corrected chi connectivity index (χ3v) is 4.45. The monoisotopic (exact) mass is 328 g/mol. The Morgan fingerprint density at radius 2 is 2.13 bits per heavy atom. The maximum Gasteiger partial charge on any atom is 0.212 e. The lowest BCUT2D eigenvalue weighted by atomic mass is 10.2. The van der Waals surface area contributed by atoms with E-state index in [0.717, 1.165) is 39.8 Å².